The first-order valence-electron chi connectivity index (χ1n) is 5.71. The number of fused-ring (bicyclic) bond motifs is 1. The van der Waals surface area contributed by atoms with E-state index in [0.717, 1.165) is 32.4 Å². The minimum atomic E-state index is 0.923. The number of imidazole rings is 1. The van der Waals surface area contributed by atoms with Crippen molar-refractivity contribution in [2.24, 2.45) is 0 Å². The van der Waals surface area contributed by atoms with E-state index in [-0.39, 0.29) is 0 Å². The maximum absolute atomic E-state index is 4.72. The normalized spacial score (nSPS) is 15.1. The van der Waals surface area contributed by atoms with Gasteiger partial charge in [-0.2, -0.15) is 0 Å². The van der Waals surface area contributed by atoms with Crippen LogP contribution in [-0.4, -0.2) is 30.3 Å². The highest BCUT2D eigenvalue weighted by Crippen LogP contribution is 2.16. The third-order valence-corrected chi connectivity index (χ3v) is 2.80. The van der Waals surface area contributed by atoms with Crippen LogP contribution in [0.4, 0.5) is 0 Å². The molecule has 2 heterocycles. The molecule has 0 saturated carbocycles. The fourth-order valence-electron chi connectivity index (χ4n) is 2.21. The van der Waals surface area contributed by atoms with Crippen molar-refractivity contribution < 1.29 is 0 Å². The first kappa shape index (κ1) is 10.5. The lowest BCUT2D eigenvalue weighted by Crippen LogP contribution is -2.32. The van der Waals surface area contributed by atoms with Gasteiger partial charge in [-0.15, -0.1) is 0 Å². The number of nitrogens with one attached hydrogen (secondary N) is 1. The summed E-state index contributed by atoms with van der Waals surface area (Å²) in [4.78, 5) is 4.72. The molecule has 0 aliphatic carbocycles. The molecule has 0 amide bonds. The number of hydrogen-bond acceptors (Lipinski definition) is 3. The van der Waals surface area contributed by atoms with Gasteiger partial charge in [0.2, 0.25) is 0 Å². The van der Waals surface area contributed by atoms with Crippen LogP contribution in [0, 0.1) is 0 Å². The van der Waals surface area contributed by atoms with Crippen LogP contribution < -0.4 is 10.3 Å². The second kappa shape index (κ2) is 4.23. The molecule has 0 unspecified atom stereocenters. The maximum atomic E-state index is 4.72. The first-order chi connectivity index (χ1) is 7.24. The quantitative estimate of drug-likeness (QED) is 0.793. The van der Waals surface area contributed by atoms with Crippen molar-refractivity contribution in [2.75, 3.05) is 25.6 Å². The van der Waals surface area contributed by atoms with Crippen LogP contribution in [0.25, 0.3) is 0 Å². The number of rotatable bonds is 3. The van der Waals surface area contributed by atoms with Gasteiger partial charge < -0.3 is 10.3 Å². The average molecular weight is 208 g/mol. The van der Waals surface area contributed by atoms with Gasteiger partial charge in [-0.25, -0.2) is 9.66 Å². The van der Waals surface area contributed by atoms with E-state index in [1.807, 2.05) is 0 Å². The summed E-state index contributed by atoms with van der Waals surface area (Å²) in [6.45, 7) is 4.19. The standard InChI is InChI=1S/C11H20N4/c1-4-5-11-13-9-8-12-7-6-10(9)15(11)14(2)3/h12H,4-8H2,1-3H3. The van der Waals surface area contributed by atoms with Crippen molar-refractivity contribution in [3.05, 3.63) is 17.2 Å². The molecule has 0 atom stereocenters. The van der Waals surface area contributed by atoms with Crippen LogP contribution in [0.15, 0.2) is 0 Å². The molecule has 0 saturated heterocycles. The van der Waals surface area contributed by atoms with Gasteiger partial charge in [-0.3, -0.25) is 0 Å². The van der Waals surface area contributed by atoms with E-state index in [2.05, 4.69) is 36.0 Å². The van der Waals surface area contributed by atoms with Crippen molar-refractivity contribution in [3.8, 4) is 0 Å². The van der Waals surface area contributed by atoms with Crippen LogP contribution in [0.1, 0.15) is 30.6 Å². The summed E-state index contributed by atoms with van der Waals surface area (Å²) in [6.07, 6.45) is 3.30. The lowest BCUT2D eigenvalue weighted by Gasteiger charge is -2.22. The van der Waals surface area contributed by atoms with Gasteiger partial charge in [0.1, 0.15) is 5.82 Å². The molecule has 0 fully saturated rings. The molecule has 84 valence electrons. The van der Waals surface area contributed by atoms with E-state index in [4.69, 9.17) is 4.98 Å². The average Bonchev–Trinajstić information content (AvgIpc) is 2.56. The summed E-state index contributed by atoms with van der Waals surface area (Å²) in [7, 11) is 4.17. The van der Waals surface area contributed by atoms with Crippen molar-refractivity contribution in [1.82, 2.24) is 15.0 Å². The zero-order valence-corrected chi connectivity index (χ0v) is 9.88. The number of hydrogen-bond donors (Lipinski definition) is 1. The summed E-state index contributed by atoms with van der Waals surface area (Å²) in [5, 5.41) is 5.51. The van der Waals surface area contributed by atoms with Gasteiger partial charge in [0.25, 0.3) is 0 Å². The molecule has 1 aliphatic rings. The van der Waals surface area contributed by atoms with Crippen LogP contribution in [0.2, 0.25) is 0 Å². The molecule has 0 aromatic carbocycles. The number of aryl methyl sites for hydroxylation is 1. The van der Waals surface area contributed by atoms with Gasteiger partial charge >= 0.3 is 0 Å². The van der Waals surface area contributed by atoms with Gasteiger partial charge in [0.15, 0.2) is 0 Å². The second-order valence-corrected chi connectivity index (χ2v) is 4.26. The molecule has 0 bridgehead atoms. The fourth-order valence-corrected chi connectivity index (χ4v) is 2.21. The minimum Gasteiger partial charge on any atom is -0.317 e. The second-order valence-electron chi connectivity index (χ2n) is 4.26. The Morgan fingerprint density at radius 1 is 1.47 bits per heavy atom. The molecular weight excluding hydrogens is 188 g/mol. The summed E-state index contributed by atoms with van der Waals surface area (Å²) in [6, 6.07) is 0. The van der Waals surface area contributed by atoms with E-state index in [0.29, 0.717) is 0 Å². The van der Waals surface area contributed by atoms with Crippen LogP contribution in [0.3, 0.4) is 0 Å². The monoisotopic (exact) mass is 208 g/mol. The molecule has 2 rings (SSSR count). The number of aromatic nitrogens is 2. The van der Waals surface area contributed by atoms with Gasteiger partial charge in [-0.05, 0) is 6.42 Å². The fraction of sp³-hybridized carbons (Fsp3) is 0.727. The zero-order valence-electron chi connectivity index (χ0n) is 9.88. The predicted molar refractivity (Wildman–Crippen MR) is 61.7 cm³/mol. The third-order valence-electron chi connectivity index (χ3n) is 2.80. The Balaban J connectivity index is 2.41. The van der Waals surface area contributed by atoms with E-state index < -0.39 is 0 Å². The minimum absolute atomic E-state index is 0.923. The largest absolute Gasteiger partial charge is 0.317 e. The smallest absolute Gasteiger partial charge is 0.128 e. The molecule has 1 aromatic heterocycles. The summed E-state index contributed by atoms with van der Waals surface area (Å²) in [5.74, 6) is 1.20. The van der Waals surface area contributed by atoms with Crippen molar-refractivity contribution in [2.45, 2.75) is 32.7 Å². The van der Waals surface area contributed by atoms with E-state index in [1.165, 1.54) is 17.2 Å². The lowest BCUT2D eigenvalue weighted by atomic mass is 10.2. The summed E-state index contributed by atoms with van der Waals surface area (Å²) in [5.41, 5.74) is 2.63. The Hall–Kier alpha value is -1.03. The molecule has 1 aliphatic heterocycles. The molecule has 0 radical (unpaired) electrons. The SMILES string of the molecule is CCCc1nc2c(n1N(C)C)CCNC2. The first-order valence-corrected chi connectivity index (χ1v) is 5.71. The molecule has 0 spiro atoms. The highest BCUT2D eigenvalue weighted by Gasteiger charge is 2.19. The molecular formula is C11H20N4. The number of nitrogens with zero attached hydrogens (tertiary/aromatic N) is 3. The highest BCUT2D eigenvalue weighted by molar-refractivity contribution is 5.22. The Bertz CT molecular complexity index is 341. The Morgan fingerprint density at radius 3 is 2.93 bits per heavy atom. The van der Waals surface area contributed by atoms with Crippen LogP contribution in [-0.2, 0) is 19.4 Å². The molecule has 1 aromatic rings. The Morgan fingerprint density at radius 2 is 2.27 bits per heavy atom. The van der Waals surface area contributed by atoms with E-state index in [1.54, 1.807) is 0 Å². The van der Waals surface area contributed by atoms with Gasteiger partial charge in [0, 0.05) is 40.0 Å². The Labute approximate surface area is 91.3 Å². The Kier molecular flexibility index (Phi) is 2.95. The zero-order chi connectivity index (χ0) is 10.8. The summed E-state index contributed by atoms with van der Waals surface area (Å²) < 4.78 is 2.28. The van der Waals surface area contributed by atoms with Gasteiger partial charge in [-0.1, -0.05) is 6.92 Å². The maximum Gasteiger partial charge on any atom is 0.128 e. The summed E-state index contributed by atoms with van der Waals surface area (Å²) >= 11 is 0. The van der Waals surface area contributed by atoms with Crippen LogP contribution >= 0.6 is 0 Å². The molecule has 4 heteroatoms. The predicted octanol–water partition coefficient (Wildman–Crippen LogP) is 0.679. The molecule has 4 nitrogen and oxygen atoms in total. The lowest BCUT2D eigenvalue weighted by molar-refractivity contribution is 0.583. The molecule has 1 N–H and O–H groups in total. The van der Waals surface area contributed by atoms with E-state index in [9.17, 15) is 0 Å². The van der Waals surface area contributed by atoms with Crippen LogP contribution in [0.5, 0.6) is 0 Å². The molecule has 15 heavy (non-hydrogen) atoms. The van der Waals surface area contributed by atoms with E-state index >= 15 is 0 Å². The van der Waals surface area contributed by atoms with Crippen molar-refractivity contribution >= 4 is 0 Å². The topological polar surface area (TPSA) is 33.1 Å². The van der Waals surface area contributed by atoms with Gasteiger partial charge in [0.05, 0.1) is 11.4 Å². The van der Waals surface area contributed by atoms with Crippen molar-refractivity contribution in [1.29, 1.82) is 0 Å². The van der Waals surface area contributed by atoms with Crippen molar-refractivity contribution in [3.63, 3.8) is 0 Å². The third kappa shape index (κ3) is 1.86. The highest BCUT2D eigenvalue weighted by atomic mass is 15.5.